The molecule has 0 spiro atoms. The summed E-state index contributed by atoms with van der Waals surface area (Å²) in [7, 11) is 0. The van der Waals surface area contributed by atoms with E-state index < -0.39 is 5.97 Å². The summed E-state index contributed by atoms with van der Waals surface area (Å²) in [6, 6.07) is 0. The Labute approximate surface area is 99.0 Å². The first-order valence-corrected chi connectivity index (χ1v) is 5.83. The number of hydrogen-bond acceptors (Lipinski definition) is 3. The Bertz CT molecular complexity index is 355. The first-order chi connectivity index (χ1) is 8.06. The zero-order valence-corrected chi connectivity index (χ0v) is 9.52. The second-order valence-corrected chi connectivity index (χ2v) is 4.74. The van der Waals surface area contributed by atoms with Crippen molar-refractivity contribution in [1.82, 2.24) is 10.2 Å². The first-order valence-electron chi connectivity index (χ1n) is 5.83. The van der Waals surface area contributed by atoms with Crippen LogP contribution in [-0.4, -0.2) is 47.4 Å². The molecule has 0 radical (unpaired) electrons. The van der Waals surface area contributed by atoms with Crippen molar-refractivity contribution in [1.29, 1.82) is 0 Å². The molecule has 2 saturated heterocycles. The molecule has 17 heavy (non-hydrogen) atoms. The van der Waals surface area contributed by atoms with Crippen molar-refractivity contribution in [2.75, 3.05) is 19.6 Å². The third-order valence-corrected chi connectivity index (χ3v) is 3.39. The molecule has 2 fully saturated rings. The number of carboxylic acid groups (broad SMARTS) is 1. The fourth-order valence-corrected chi connectivity index (χ4v) is 2.48. The molecule has 2 rings (SSSR count). The van der Waals surface area contributed by atoms with E-state index in [1.54, 1.807) is 4.90 Å². The van der Waals surface area contributed by atoms with Crippen LogP contribution in [0.5, 0.6) is 0 Å². The molecule has 2 unspecified atom stereocenters. The maximum Gasteiger partial charge on any atom is 0.303 e. The predicted molar refractivity (Wildman–Crippen MR) is 58.1 cm³/mol. The van der Waals surface area contributed by atoms with Gasteiger partial charge in [-0.25, -0.2) is 0 Å². The van der Waals surface area contributed by atoms with E-state index in [1.807, 2.05) is 0 Å². The van der Waals surface area contributed by atoms with Crippen molar-refractivity contribution < 1.29 is 19.5 Å². The molecule has 2 atom stereocenters. The lowest BCUT2D eigenvalue weighted by molar-refractivity contribution is -0.139. The molecular formula is C11H16N2O4. The van der Waals surface area contributed by atoms with Gasteiger partial charge in [0, 0.05) is 32.5 Å². The summed E-state index contributed by atoms with van der Waals surface area (Å²) in [5.41, 5.74) is 0. The van der Waals surface area contributed by atoms with Crippen molar-refractivity contribution in [2.45, 2.75) is 19.3 Å². The predicted octanol–water partition coefficient (Wildman–Crippen LogP) is -0.554. The molecule has 6 nitrogen and oxygen atoms in total. The Kier molecular flexibility index (Phi) is 3.31. The van der Waals surface area contributed by atoms with Gasteiger partial charge in [-0.2, -0.15) is 0 Å². The average molecular weight is 240 g/mol. The number of likely N-dealkylation sites (tertiary alicyclic amines) is 1. The molecule has 2 amide bonds. The van der Waals surface area contributed by atoms with E-state index >= 15 is 0 Å². The van der Waals surface area contributed by atoms with Crippen LogP contribution < -0.4 is 5.32 Å². The SMILES string of the molecule is O=C(O)CC1CCN(C(=O)C2CNC(=O)C2)C1. The van der Waals surface area contributed by atoms with Gasteiger partial charge in [-0.1, -0.05) is 0 Å². The smallest absolute Gasteiger partial charge is 0.303 e. The number of carbonyl (C=O) groups excluding carboxylic acids is 2. The Morgan fingerprint density at radius 2 is 2.24 bits per heavy atom. The van der Waals surface area contributed by atoms with Gasteiger partial charge in [0.2, 0.25) is 11.8 Å². The molecule has 94 valence electrons. The number of amides is 2. The minimum atomic E-state index is -0.818. The zero-order valence-electron chi connectivity index (χ0n) is 9.52. The Balaban J connectivity index is 1.85. The summed E-state index contributed by atoms with van der Waals surface area (Å²) in [5, 5.41) is 11.3. The van der Waals surface area contributed by atoms with E-state index in [1.165, 1.54) is 0 Å². The molecule has 2 heterocycles. The average Bonchev–Trinajstić information content (AvgIpc) is 2.85. The topological polar surface area (TPSA) is 86.7 Å². The third kappa shape index (κ3) is 2.75. The van der Waals surface area contributed by atoms with Gasteiger partial charge in [-0.15, -0.1) is 0 Å². The highest BCUT2D eigenvalue weighted by atomic mass is 16.4. The van der Waals surface area contributed by atoms with Gasteiger partial charge in [-0.3, -0.25) is 14.4 Å². The molecule has 2 N–H and O–H groups in total. The van der Waals surface area contributed by atoms with Crippen LogP contribution >= 0.6 is 0 Å². The highest BCUT2D eigenvalue weighted by Gasteiger charge is 2.35. The molecule has 0 aromatic heterocycles. The zero-order chi connectivity index (χ0) is 12.4. The number of nitrogens with one attached hydrogen (secondary N) is 1. The standard InChI is InChI=1S/C11H16N2O4/c14-9-4-8(5-12-9)11(17)13-2-1-7(6-13)3-10(15)16/h7-8H,1-6H2,(H,12,14)(H,15,16). The Hall–Kier alpha value is -1.59. The third-order valence-electron chi connectivity index (χ3n) is 3.39. The van der Waals surface area contributed by atoms with Crippen LogP contribution in [0.2, 0.25) is 0 Å². The van der Waals surface area contributed by atoms with Crippen molar-refractivity contribution in [2.24, 2.45) is 11.8 Å². The molecule has 2 aliphatic rings. The van der Waals surface area contributed by atoms with Crippen LogP contribution in [0.1, 0.15) is 19.3 Å². The maximum absolute atomic E-state index is 12.0. The number of hydrogen-bond donors (Lipinski definition) is 2. The molecule has 0 aliphatic carbocycles. The molecule has 0 saturated carbocycles. The summed E-state index contributed by atoms with van der Waals surface area (Å²) >= 11 is 0. The van der Waals surface area contributed by atoms with Gasteiger partial charge < -0.3 is 15.3 Å². The number of carboxylic acids is 1. The van der Waals surface area contributed by atoms with Crippen molar-refractivity contribution >= 4 is 17.8 Å². The van der Waals surface area contributed by atoms with Crippen LogP contribution in [-0.2, 0) is 14.4 Å². The van der Waals surface area contributed by atoms with Crippen molar-refractivity contribution in [3.8, 4) is 0 Å². The summed E-state index contributed by atoms with van der Waals surface area (Å²) in [6.45, 7) is 1.54. The maximum atomic E-state index is 12.0. The lowest BCUT2D eigenvalue weighted by Crippen LogP contribution is -2.35. The summed E-state index contributed by atoms with van der Waals surface area (Å²) < 4.78 is 0. The van der Waals surface area contributed by atoms with Crippen molar-refractivity contribution in [3.63, 3.8) is 0 Å². The second-order valence-electron chi connectivity index (χ2n) is 4.74. The highest BCUT2D eigenvalue weighted by molar-refractivity contribution is 5.89. The van der Waals surface area contributed by atoms with E-state index in [-0.39, 0.29) is 36.5 Å². The van der Waals surface area contributed by atoms with Crippen LogP contribution in [0.15, 0.2) is 0 Å². The van der Waals surface area contributed by atoms with Gasteiger partial charge in [-0.05, 0) is 12.3 Å². The lowest BCUT2D eigenvalue weighted by Gasteiger charge is -2.19. The number of aliphatic carboxylic acids is 1. The molecule has 0 aromatic carbocycles. The number of rotatable bonds is 3. The Morgan fingerprint density at radius 1 is 1.47 bits per heavy atom. The number of nitrogens with zero attached hydrogens (tertiary/aromatic N) is 1. The van der Waals surface area contributed by atoms with Gasteiger partial charge in [0.15, 0.2) is 0 Å². The fraction of sp³-hybridized carbons (Fsp3) is 0.727. The van der Waals surface area contributed by atoms with Gasteiger partial charge >= 0.3 is 5.97 Å². The fourth-order valence-electron chi connectivity index (χ4n) is 2.48. The summed E-state index contributed by atoms with van der Waals surface area (Å²) in [6.07, 6.45) is 1.12. The second kappa shape index (κ2) is 4.73. The summed E-state index contributed by atoms with van der Waals surface area (Å²) in [5.74, 6) is -1.12. The van der Waals surface area contributed by atoms with E-state index in [2.05, 4.69) is 5.32 Å². The van der Waals surface area contributed by atoms with Crippen LogP contribution in [0, 0.1) is 11.8 Å². The highest BCUT2D eigenvalue weighted by Crippen LogP contribution is 2.23. The normalized spacial score (nSPS) is 28.2. The molecule has 6 heteroatoms. The monoisotopic (exact) mass is 240 g/mol. The first kappa shape index (κ1) is 11.9. The summed E-state index contributed by atoms with van der Waals surface area (Å²) in [4.78, 5) is 35.3. The molecule has 0 bridgehead atoms. The van der Waals surface area contributed by atoms with E-state index in [4.69, 9.17) is 5.11 Å². The van der Waals surface area contributed by atoms with E-state index in [9.17, 15) is 14.4 Å². The van der Waals surface area contributed by atoms with Crippen LogP contribution in [0.25, 0.3) is 0 Å². The lowest BCUT2D eigenvalue weighted by atomic mass is 10.1. The van der Waals surface area contributed by atoms with Gasteiger partial charge in [0.25, 0.3) is 0 Å². The van der Waals surface area contributed by atoms with Gasteiger partial charge in [0.05, 0.1) is 5.92 Å². The minimum absolute atomic E-state index is 0.0174. The van der Waals surface area contributed by atoms with Gasteiger partial charge in [0.1, 0.15) is 0 Å². The van der Waals surface area contributed by atoms with Crippen molar-refractivity contribution in [3.05, 3.63) is 0 Å². The van der Waals surface area contributed by atoms with Crippen LogP contribution in [0.3, 0.4) is 0 Å². The minimum Gasteiger partial charge on any atom is -0.481 e. The van der Waals surface area contributed by atoms with Crippen LogP contribution in [0.4, 0.5) is 0 Å². The largest absolute Gasteiger partial charge is 0.481 e. The molecule has 0 aromatic rings. The molecular weight excluding hydrogens is 224 g/mol. The Morgan fingerprint density at radius 3 is 2.82 bits per heavy atom. The number of carbonyl (C=O) groups is 3. The molecule has 2 aliphatic heterocycles. The van der Waals surface area contributed by atoms with E-state index in [0.717, 1.165) is 6.42 Å². The quantitative estimate of drug-likeness (QED) is 0.692. The van der Waals surface area contributed by atoms with E-state index in [0.29, 0.717) is 19.6 Å².